The summed E-state index contributed by atoms with van der Waals surface area (Å²) in [5.74, 6) is -15.3. The number of carboxylic acid groups (broad SMARTS) is 3. The molecule has 0 spiro atoms. The number of amides is 14. The van der Waals surface area contributed by atoms with Crippen LogP contribution in [0, 0.1) is 10.8 Å². The number of unbranched alkanes of at least 4 members (excludes halogenated alkanes) is 14. The average molecular weight is 2090 g/mol. The van der Waals surface area contributed by atoms with Crippen LogP contribution in [0.15, 0.2) is 47.2 Å². The lowest BCUT2D eigenvalue weighted by Gasteiger charge is -2.33. The Bertz CT molecular complexity index is 4910. The van der Waals surface area contributed by atoms with Gasteiger partial charge in [-0.05, 0) is 144 Å². The molecule has 0 unspecified atom stereocenters. The van der Waals surface area contributed by atoms with E-state index < -0.39 is 218 Å². The van der Waals surface area contributed by atoms with Crippen molar-refractivity contribution in [2.24, 2.45) is 22.2 Å². The molecule has 0 bridgehead atoms. The number of rotatable bonds is 66. The van der Waals surface area contributed by atoms with Crippen LogP contribution in [-0.4, -0.2) is 345 Å². The van der Waals surface area contributed by atoms with E-state index in [0.717, 1.165) is 44.3 Å². The molecule has 4 aliphatic rings. The number of ketones is 1. The number of aromatic nitrogens is 5. The van der Waals surface area contributed by atoms with Crippen LogP contribution >= 0.6 is 0 Å². The maximum atomic E-state index is 15.7. The number of primary amides is 1. The van der Waals surface area contributed by atoms with Crippen molar-refractivity contribution < 1.29 is 111 Å². The summed E-state index contributed by atoms with van der Waals surface area (Å²) in [5, 5.41) is 97.2. The Kier molecular flexibility index (Phi) is 56.4. The van der Waals surface area contributed by atoms with Crippen molar-refractivity contribution >= 4 is 135 Å². The van der Waals surface area contributed by atoms with Gasteiger partial charge in [0, 0.05) is 139 Å². The first-order valence-corrected chi connectivity index (χ1v) is 52.1. The van der Waals surface area contributed by atoms with Crippen molar-refractivity contribution in [2.45, 2.75) is 324 Å². The molecule has 3 aromatic rings. The summed E-state index contributed by atoms with van der Waals surface area (Å²) in [7, 11) is 0. The number of carbonyl (C=O) groups is 18. The normalized spacial score (nSPS) is 18.9. The number of ether oxygens (including phenoxy) is 2. The maximum absolute atomic E-state index is 15.7. The lowest BCUT2D eigenvalue weighted by Crippen LogP contribution is -2.60. The number of fused-ring (bicyclic) bond motifs is 1. The zero-order chi connectivity index (χ0) is 108. The van der Waals surface area contributed by atoms with E-state index >= 15 is 19.2 Å². The molecule has 3 fully saturated rings. The van der Waals surface area contributed by atoms with E-state index in [-0.39, 0.29) is 194 Å². The molecular formula is C98H156N28O23. The highest BCUT2D eigenvalue weighted by Gasteiger charge is 2.46. The van der Waals surface area contributed by atoms with Crippen LogP contribution in [0.2, 0.25) is 0 Å². The highest BCUT2D eigenvalue weighted by Crippen LogP contribution is 2.29. The number of carboxylic acids is 3. The van der Waals surface area contributed by atoms with Gasteiger partial charge in [-0.1, -0.05) is 108 Å². The smallest absolute Gasteiger partial charge is 0.317 e. The van der Waals surface area contributed by atoms with Gasteiger partial charge in [-0.25, -0.2) is 5.10 Å². The molecule has 149 heavy (non-hydrogen) atoms. The number of allylic oxidation sites excluding steroid dienone is 1. The molecule has 27 N–H and O–H groups in total. The Balaban J connectivity index is 0.990. The average Bonchev–Trinajstić information content (AvgIpc) is 1.66. The highest BCUT2D eigenvalue weighted by atomic mass is 16.5. The number of hydrogen-bond donors (Lipinski definition) is 24. The van der Waals surface area contributed by atoms with Gasteiger partial charge in [0.1, 0.15) is 72.6 Å². The molecule has 51 nitrogen and oxygen atoms in total. The molecule has 6 heterocycles. The summed E-state index contributed by atoms with van der Waals surface area (Å²) in [6.07, 6.45) is 20.7. The predicted molar refractivity (Wildman–Crippen MR) is 545 cm³/mol. The summed E-state index contributed by atoms with van der Waals surface area (Å²) >= 11 is 0. The van der Waals surface area contributed by atoms with E-state index in [1.54, 1.807) is 42.8 Å². The number of aromatic amines is 2. The van der Waals surface area contributed by atoms with Crippen LogP contribution < -0.4 is 91.6 Å². The number of carbonyl (C=O) groups excluding carboxylic acids is 15. The molecule has 51 heteroatoms. The minimum absolute atomic E-state index is 0.00787. The minimum atomic E-state index is -1.76. The van der Waals surface area contributed by atoms with Gasteiger partial charge in [0.25, 0.3) is 0 Å². The SMILES string of the molecule is CC(=O)N[C@H]1CCCCC(=O)C[C@@H](C(=O)N2CCC[C@H]2C(=O)N2CCC[C@H]2C(=O)N[C@@H](CCCNC(=N)N)C(=O)N[C@@H](CCC(=O)O)C(=O)N[C@@H](CCCCN(CC(=O)O)CC(=O)O)CN[C@@H](CCCCNC(=O)COCCOCCNC(=O)CCCCCCCCCCCCCCCc2nnn[nH]2)C(N)=O)NC(=O)[C@H](Cc2c[nH]c3ccccc23)NC(=O)[C@H](CCCNC(=N)N)NC(=O)CNC(=O)[C@H](CC2=CCC=N2)NC1=O. The highest BCUT2D eigenvalue weighted by molar-refractivity contribution is 6.01. The topological polar surface area (TPSA) is 773 Å². The van der Waals surface area contributed by atoms with Crippen LogP contribution in [-0.2, 0) is 109 Å². The Morgan fingerprint density at radius 1 is 0.570 bits per heavy atom. The number of hydrogen-bond acceptors (Lipinski definition) is 28. The summed E-state index contributed by atoms with van der Waals surface area (Å²) in [6, 6.07) is -8.26. The Labute approximate surface area is 866 Å². The number of aliphatic carboxylic acids is 3. The van der Waals surface area contributed by atoms with Gasteiger partial charge in [0.15, 0.2) is 11.9 Å². The number of para-hydroxylation sites is 1. The fourth-order valence-corrected chi connectivity index (χ4v) is 18.2. The number of nitrogens with two attached hydrogens (primary N) is 3. The number of Topliss-reactive ketones (excluding diaryl/α,β-unsaturated/α-hetero) is 1. The number of benzene rings is 1. The number of tetrazole rings is 1. The number of aliphatic imine (C=N–C) groups is 1. The quantitative estimate of drug-likeness (QED) is 0.0185. The largest absolute Gasteiger partial charge is 0.481 e. The first-order chi connectivity index (χ1) is 71.6. The third kappa shape index (κ3) is 48.4. The second-order valence-electron chi connectivity index (χ2n) is 38.0. The molecule has 14 amide bonds. The van der Waals surface area contributed by atoms with Crippen LogP contribution in [0.3, 0.4) is 0 Å². The number of nitrogens with one attached hydrogen (secondary N) is 18. The minimum Gasteiger partial charge on any atom is -0.481 e. The van der Waals surface area contributed by atoms with Crippen molar-refractivity contribution in [1.29, 1.82) is 10.8 Å². The van der Waals surface area contributed by atoms with Gasteiger partial charge in [-0.15, -0.1) is 5.10 Å². The Morgan fingerprint density at radius 3 is 1.85 bits per heavy atom. The molecule has 3 saturated heterocycles. The van der Waals surface area contributed by atoms with E-state index in [4.69, 9.17) is 37.5 Å². The second-order valence-corrected chi connectivity index (χ2v) is 38.0. The van der Waals surface area contributed by atoms with E-state index in [1.165, 1.54) is 73.0 Å². The van der Waals surface area contributed by atoms with Crippen molar-refractivity contribution in [3.05, 3.63) is 53.6 Å². The fraction of sp³-hybridized carbons (Fsp3) is 0.673. The first kappa shape index (κ1) is 122. The predicted octanol–water partition coefficient (Wildman–Crippen LogP) is -0.882. The fourth-order valence-electron chi connectivity index (χ4n) is 18.2. The zero-order valence-electron chi connectivity index (χ0n) is 85.4. The first-order valence-electron chi connectivity index (χ1n) is 52.1. The summed E-state index contributed by atoms with van der Waals surface area (Å²) in [4.78, 5) is 261. The van der Waals surface area contributed by atoms with Crippen LogP contribution in [0.25, 0.3) is 10.9 Å². The third-order valence-electron chi connectivity index (χ3n) is 26.0. The summed E-state index contributed by atoms with van der Waals surface area (Å²) in [6.45, 7) is -0.337. The number of guanidine groups is 2. The molecule has 1 aromatic carbocycles. The third-order valence-corrected chi connectivity index (χ3v) is 26.0. The van der Waals surface area contributed by atoms with Gasteiger partial charge in [-0.3, -0.25) is 107 Å². The van der Waals surface area contributed by atoms with Gasteiger partial charge in [0.2, 0.25) is 82.7 Å². The molecule has 2 aromatic heterocycles. The van der Waals surface area contributed by atoms with Gasteiger partial charge in [-0.2, -0.15) is 0 Å². The molecule has 4 aliphatic heterocycles. The maximum Gasteiger partial charge on any atom is 0.317 e. The van der Waals surface area contributed by atoms with Crippen molar-refractivity contribution in [2.75, 3.05) is 98.4 Å². The van der Waals surface area contributed by atoms with E-state index in [2.05, 4.69) is 105 Å². The van der Waals surface area contributed by atoms with E-state index in [9.17, 15) is 82.4 Å². The number of H-pyrrole nitrogens is 2. The van der Waals surface area contributed by atoms with Crippen molar-refractivity contribution in [3.8, 4) is 0 Å². The Morgan fingerprint density at radius 2 is 1.19 bits per heavy atom. The summed E-state index contributed by atoms with van der Waals surface area (Å²) in [5.41, 5.74) is 18.7. The molecule has 11 atom stereocenters. The molecular weight excluding hydrogens is 1940 g/mol. The van der Waals surface area contributed by atoms with E-state index in [1.807, 2.05) is 0 Å². The molecule has 0 aliphatic carbocycles. The zero-order valence-corrected chi connectivity index (χ0v) is 85.4. The molecule has 0 saturated carbocycles. The standard InChI is InChI=1S/C98H156N28O23/c1-63(127)112-71-34-17-15-30-67(128)56-77(119-93(144)75(54-64-57-109-69-32-18-16-31-68(64)69)117-91(142)72(35-24-45-107-97(100)101)114-82(130)59-111-88(139)76(118-90(71)141)55-65-29-23-44-104-65)95(146)126-50-27-38-79(126)96(147)125-49-26-37-78(125)94(145)116-73(36-25-46-108-98(102)103)92(143)115-74(41-42-84(132)133)89(140)113-66(28-20-22-48-124(60-85(134)135)61-86(136)137)58-110-70(87(99)138)33-19-21-43-105-83(131)62-149-53-52-148-51-47-106-81(129)40-14-12-10-8-6-4-2-3-5-7-9-11-13-39-80-120-122-123-121-80/h16,18,29,31-32,44,57,66,70-79,109-110H,2-15,17,19-28,30,33-43,45-56,58-62H2,1H3,(H2,99,138)(H,105,131)(H,106,129)(H,111,139)(H,112,127)(H,113,140)(H,114,130)(H,115,143)(H,116,145)(H,117,142)(H,118,141)(H,119,144)(H,132,133)(H,134,135)(H,136,137)(H4,100,101,107)(H4,102,103,108)(H,120,121,122,123)/t66-,70-,71-,72-,73-,74-,75-,76-,77-,78-,79-/m0/s1. The summed E-state index contributed by atoms with van der Waals surface area (Å²) < 4.78 is 11.1. The lowest BCUT2D eigenvalue weighted by molar-refractivity contribution is -0.148. The molecule has 7 rings (SSSR count). The monoisotopic (exact) mass is 2090 g/mol. The lowest BCUT2D eigenvalue weighted by atomic mass is 9.99. The number of likely N-dealkylation sites (tertiary alicyclic amines) is 2. The van der Waals surface area contributed by atoms with Crippen molar-refractivity contribution in [3.63, 3.8) is 0 Å². The second kappa shape index (κ2) is 68.7. The van der Waals surface area contributed by atoms with Gasteiger partial charge >= 0.3 is 17.9 Å². The number of aryl methyl sites for hydroxylation is 1. The van der Waals surface area contributed by atoms with E-state index in [0.29, 0.717) is 54.4 Å². The van der Waals surface area contributed by atoms with Crippen LogP contribution in [0.5, 0.6) is 0 Å². The van der Waals surface area contributed by atoms with Gasteiger partial charge < -0.3 is 131 Å². The van der Waals surface area contributed by atoms with Crippen LogP contribution in [0.4, 0.5) is 0 Å². The molecule has 826 valence electrons. The number of nitrogens with zero attached hydrogens (tertiary/aromatic N) is 7. The Hall–Kier alpha value is -13.7. The van der Waals surface area contributed by atoms with Gasteiger partial charge in [0.05, 0.1) is 45.5 Å². The molecule has 0 radical (unpaired) electrons. The van der Waals surface area contributed by atoms with Crippen LogP contribution in [0.1, 0.15) is 256 Å². The van der Waals surface area contributed by atoms with Crippen molar-refractivity contribution in [1.82, 2.24) is 115 Å².